The lowest BCUT2D eigenvalue weighted by atomic mass is 9.89. The van der Waals surface area contributed by atoms with Crippen LogP contribution >= 0.6 is 12.4 Å². The minimum absolute atomic E-state index is 0. The van der Waals surface area contributed by atoms with Gasteiger partial charge in [-0.1, -0.05) is 12.1 Å². The smallest absolute Gasteiger partial charge is 0.329 e. The minimum atomic E-state index is -1.84. The lowest BCUT2D eigenvalue weighted by Crippen LogP contribution is -2.60. The highest BCUT2D eigenvalue weighted by molar-refractivity contribution is 5.92. The van der Waals surface area contributed by atoms with E-state index < -0.39 is 53.3 Å². The van der Waals surface area contributed by atoms with Crippen LogP contribution in [0.5, 0.6) is 5.75 Å². The molecule has 1 aromatic rings. The van der Waals surface area contributed by atoms with Crippen LogP contribution in [0.3, 0.4) is 0 Å². The number of fused-ring (bicyclic) bond motifs is 1. The van der Waals surface area contributed by atoms with Gasteiger partial charge in [0.1, 0.15) is 11.3 Å². The van der Waals surface area contributed by atoms with Gasteiger partial charge < -0.3 is 31.5 Å². The standard InChI is InChI=1S/C17H20N2O7.ClH/c18-9(5-7-1-3-8(20)4-2-7)14(22)19-17(16(25)26)6-10(21)11-12(13(11)17)15(23)24;/h1-4,9-13,20-21H,5-6,18H2,(H,19,22)(H,23,24)(H,25,26);1H/t9-,10-,11-,12-,13-,17-;/m0./s1. The fourth-order valence-corrected chi connectivity index (χ4v) is 4.08. The summed E-state index contributed by atoms with van der Waals surface area (Å²) in [7, 11) is 0. The number of phenols is 1. The molecule has 1 amide bonds. The normalized spacial score (nSPS) is 31.9. The van der Waals surface area contributed by atoms with Gasteiger partial charge in [0.25, 0.3) is 0 Å². The maximum atomic E-state index is 12.4. The Balaban J connectivity index is 0.00000261. The third kappa shape index (κ3) is 3.58. The number of nitrogens with one attached hydrogen (secondary N) is 1. The molecule has 2 fully saturated rings. The first kappa shape index (κ1) is 20.9. The second-order valence-electron chi connectivity index (χ2n) is 6.98. The number of carboxylic acids is 2. The molecule has 0 heterocycles. The predicted octanol–water partition coefficient (Wildman–Crippen LogP) is -0.665. The summed E-state index contributed by atoms with van der Waals surface area (Å²) in [6.07, 6.45) is -1.24. The molecular weight excluding hydrogens is 380 g/mol. The van der Waals surface area contributed by atoms with Gasteiger partial charge in [-0.25, -0.2) is 4.79 Å². The Kier molecular flexibility index (Phi) is 5.69. The van der Waals surface area contributed by atoms with Crippen molar-refractivity contribution < 1.29 is 34.8 Å². The van der Waals surface area contributed by atoms with Crippen molar-refractivity contribution in [3.63, 3.8) is 0 Å². The average Bonchev–Trinajstić information content (AvgIpc) is 3.26. The number of amides is 1. The van der Waals surface area contributed by atoms with Crippen LogP contribution in [0.4, 0.5) is 0 Å². The molecule has 2 aliphatic carbocycles. The van der Waals surface area contributed by atoms with Crippen molar-refractivity contribution in [3.05, 3.63) is 29.8 Å². The van der Waals surface area contributed by atoms with Crippen molar-refractivity contribution in [2.75, 3.05) is 0 Å². The molecule has 1 aromatic carbocycles. The average molecular weight is 401 g/mol. The number of aliphatic carboxylic acids is 2. The summed E-state index contributed by atoms with van der Waals surface area (Å²) < 4.78 is 0. The zero-order valence-corrected chi connectivity index (χ0v) is 14.9. The van der Waals surface area contributed by atoms with Crippen LogP contribution in [-0.2, 0) is 20.8 Å². The van der Waals surface area contributed by atoms with Gasteiger partial charge in [-0.3, -0.25) is 9.59 Å². The Morgan fingerprint density at radius 1 is 1.22 bits per heavy atom. The summed E-state index contributed by atoms with van der Waals surface area (Å²) in [5.41, 5.74) is 4.70. The van der Waals surface area contributed by atoms with Gasteiger partial charge in [0.2, 0.25) is 5.91 Å². The van der Waals surface area contributed by atoms with Gasteiger partial charge >= 0.3 is 11.9 Å². The lowest BCUT2D eigenvalue weighted by molar-refractivity contribution is -0.150. The van der Waals surface area contributed by atoms with E-state index in [1.165, 1.54) is 12.1 Å². The monoisotopic (exact) mass is 400 g/mol. The molecule has 0 bridgehead atoms. The van der Waals surface area contributed by atoms with Gasteiger partial charge in [-0.15, -0.1) is 12.4 Å². The van der Waals surface area contributed by atoms with Crippen LogP contribution in [0.15, 0.2) is 24.3 Å². The Labute approximate surface area is 160 Å². The maximum Gasteiger partial charge on any atom is 0.329 e. The highest BCUT2D eigenvalue weighted by Gasteiger charge is 2.75. The number of hydrogen-bond donors (Lipinski definition) is 6. The van der Waals surface area contributed by atoms with E-state index in [9.17, 15) is 34.8 Å². The first-order valence-corrected chi connectivity index (χ1v) is 8.17. The number of aliphatic hydroxyl groups is 1. The number of hydrogen-bond acceptors (Lipinski definition) is 6. The van der Waals surface area contributed by atoms with Crippen LogP contribution in [0.1, 0.15) is 12.0 Å². The van der Waals surface area contributed by atoms with Gasteiger partial charge in [0, 0.05) is 18.3 Å². The molecule has 3 rings (SSSR count). The van der Waals surface area contributed by atoms with Crippen molar-refractivity contribution in [2.24, 2.45) is 23.5 Å². The summed E-state index contributed by atoms with van der Waals surface area (Å²) >= 11 is 0. The van der Waals surface area contributed by atoms with E-state index in [0.717, 1.165) is 0 Å². The highest BCUT2D eigenvalue weighted by Crippen LogP contribution is 2.62. The molecular formula is C17H21ClN2O7. The number of benzene rings is 1. The number of carbonyl (C=O) groups excluding carboxylic acids is 1. The van der Waals surface area contributed by atoms with E-state index in [0.29, 0.717) is 5.56 Å². The summed E-state index contributed by atoms with van der Waals surface area (Å²) in [6.45, 7) is 0. The third-order valence-electron chi connectivity index (χ3n) is 5.36. The second kappa shape index (κ2) is 7.34. The molecule has 2 saturated carbocycles. The zero-order valence-electron chi connectivity index (χ0n) is 14.1. The SMILES string of the molecule is Cl.N[C@@H](Cc1ccc(O)cc1)C(=O)N[C@@]1(C(=O)O)C[C@H](O)[C@H]2[C@H](C(=O)O)[C@H]21. The van der Waals surface area contributed by atoms with Crippen LogP contribution in [0, 0.1) is 17.8 Å². The predicted molar refractivity (Wildman–Crippen MR) is 94.3 cm³/mol. The molecule has 7 N–H and O–H groups in total. The molecule has 0 aromatic heterocycles. The van der Waals surface area contributed by atoms with Crippen molar-refractivity contribution >= 4 is 30.3 Å². The number of rotatable bonds is 6. The van der Waals surface area contributed by atoms with E-state index in [1.807, 2.05) is 0 Å². The van der Waals surface area contributed by atoms with E-state index in [-0.39, 0.29) is 31.0 Å². The fraction of sp³-hybridized carbons (Fsp3) is 0.471. The highest BCUT2D eigenvalue weighted by atomic mass is 35.5. The van der Waals surface area contributed by atoms with E-state index in [2.05, 4.69) is 5.32 Å². The van der Waals surface area contributed by atoms with Crippen molar-refractivity contribution in [2.45, 2.75) is 30.5 Å². The van der Waals surface area contributed by atoms with Crippen LogP contribution in [-0.4, -0.2) is 56.0 Å². The molecule has 0 radical (unpaired) electrons. The van der Waals surface area contributed by atoms with Crippen LogP contribution < -0.4 is 11.1 Å². The van der Waals surface area contributed by atoms with Crippen molar-refractivity contribution in [1.82, 2.24) is 5.32 Å². The Bertz CT molecular complexity index is 756. The number of phenolic OH excluding ortho intramolecular Hbond substituents is 1. The Morgan fingerprint density at radius 3 is 2.30 bits per heavy atom. The summed E-state index contributed by atoms with van der Waals surface area (Å²) in [6, 6.07) is 5.00. The van der Waals surface area contributed by atoms with Gasteiger partial charge in [0.05, 0.1) is 18.1 Å². The van der Waals surface area contributed by atoms with Crippen LogP contribution in [0.25, 0.3) is 0 Å². The summed E-state index contributed by atoms with van der Waals surface area (Å²) in [5, 5.41) is 40.5. The molecule has 27 heavy (non-hydrogen) atoms. The molecule has 10 heteroatoms. The molecule has 0 spiro atoms. The number of nitrogens with two attached hydrogens (primary N) is 1. The first-order valence-electron chi connectivity index (χ1n) is 8.17. The van der Waals surface area contributed by atoms with Gasteiger partial charge in [-0.05, 0) is 24.1 Å². The quantitative estimate of drug-likeness (QED) is 0.365. The number of aromatic hydroxyl groups is 1. The minimum Gasteiger partial charge on any atom is -0.508 e. The van der Waals surface area contributed by atoms with Crippen LogP contribution in [0.2, 0.25) is 0 Å². The van der Waals surface area contributed by atoms with E-state index in [1.54, 1.807) is 12.1 Å². The molecule has 148 valence electrons. The number of carbonyl (C=O) groups is 3. The number of aliphatic hydroxyl groups excluding tert-OH is 1. The summed E-state index contributed by atoms with van der Waals surface area (Å²) in [5.74, 6) is -5.77. The van der Waals surface area contributed by atoms with Gasteiger partial charge in [0.15, 0.2) is 0 Å². The zero-order chi connectivity index (χ0) is 19.2. The fourth-order valence-electron chi connectivity index (χ4n) is 4.08. The Morgan fingerprint density at radius 2 is 1.81 bits per heavy atom. The second-order valence-corrected chi connectivity index (χ2v) is 6.98. The molecule has 9 nitrogen and oxygen atoms in total. The lowest BCUT2D eigenvalue weighted by Gasteiger charge is -2.30. The molecule has 0 saturated heterocycles. The molecule has 0 aliphatic heterocycles. The Hall–Kier alpha value is -2.36. The number of carboxylic acid groups (broad SMARTS) is 2. The topological polar surface area (TPSA) is 170 Å². The van der Waals surface area contributed by atoms with E-state index >= 15 is 0 Å². The van der Waals surface area contributed by atoms with E-state index in [4.69, 9.17) is 5.73 Å². The third-order valence-corrected chi connectivity index (χ3v) is 5.36. The maximum absolute atomic E-state index is 12.4. The largest absolute Gasteiger partial charge is 0.508 e. The first-order chi connectivity index (χ1) is 12.2. The number of halogens is 1. The van der Waals surface area contributed by atoms with Gasteiger partial charge in [-0.2, -0.15) is 0 Å². The van der Waals surface area contributed by atoms with Crippen molar-refractivity contribution in [1.29, 1.82) is 0 Å². The summed E-state index contributed by atoms with van der Waals surface area (Å²) in [4.78, 5) is 35.5. The molecule has 0 unspecified atom stereocenters. The molecule has 2 aliphatic rings. The van der Waals surface area contributed by atoms with Crippen molar-refractivity contribution in [3.8, 4) is 5.75 Å². The molecule has 6 atom stereocenters.